The van der Waals surface area contributed by atoms with E-state index in [1.807, 2.05) is 6.92 Å². The number of benzene rings is 1. The Balaban J connectivity index is 1.76. The SMILES string of the molecule is COc1ccc(NC(=O)Cn2nc(C(F)(F)F)cc2C2CC2)c(C)c1. The first-order valence-corrected chi connectivity index (χ1v) is 7.87. The monoisotopic (exact) mass is 353 g/mol. The van der Waals surface area contributed by atoms with Gasteiger partial charge >= 0.3 is 6.18 Å². The van der Waals surface area contributed by atoms with Crippen molar-refractivity contribution in [2.45, 2.75) is 38.4 Å². The number of anilines is 1. The van der Waals surface area contributed by atoms with E-state index in [-0.39, 0.29) is 12.5 Å². The number of nitrogens with one attached hydrogen (secondary N) is 1. The molecule has 8 heteroatoms. The summed E-state index contributed by atoms with van der Waals surface area (Å²) in [5, 5.41) is 6.29. The summed E-state index contributed by atoms with van der Waals surface area (Å²) in [6, 6.07) is 6.20. The molecular weight excluding hydrogens is 335 g/mol. The van der Waals surface area contributed by atoms with Crippen LogP contribution in [0.25, 0.3) is 0 Å². The third kappa shape index (κ3) is 3.94. The van der Waals surface area contributed by atoms with Crippen molar-refractivity contribution in [2.24, 2.45) is 0 Å². The first kappa shape index (κ1) is 17.3. The molecule has 5 nitrogen and oxygen atoms in total. The molecule has 1 heterocycles. The molecule has 0 unspecified atom stereocenters. The minimum Gasteiger partial charge on any atom is -0.497 e. The Hall–Kier alpha value is -2.51. The van der Waals surface area contributed by atoms with Crippen LogP contribution in [0.15, 0.2) is 24.3 Å². The summed E-state index contributed by atoms with van der Waals surface area (Å²) in [5.41, 5.74) is 0.894. The molecule has 0 aliphatic heterocycles. The highest BCUT2D eigenvalue weighted by atomic mass is 19.4. The molecule has 1 saturated carbocycles. The zero-order valence-corrected chi connectivity index (χ0v) is 13.9. The van der Waals surface area contributed by atoms with Crippen LogP contribution in [-0.4, -0.2) is 22.8 Å². The van der Waals surface area contributed by atoms with E-state index >= 15 is 0 Å². The van der Waals surface area contributed by atoms with Crippen molar-refractivity contribution in [2.75, 3.05) is 12.4 Å². The number of hydrogen-bond donors (Lipinski definition) is 1. The van der Waals surface area contributed by atoms with Gasteiger partial charge in [0.2, 0.25) is 5.91 Å². The van der Waals surface area contributed by atoms with Gasteiger partial charge in [-0.05, 0) is 49.6 Å². The van der Waals surface area contributed by atoms with Crippen LogP contribution >= 0.6 is 0 Å². The van der Waals surface area contributed by atoms with Crippen LogP contribution in [0.5, 0.6) is 5.75 Å². The van der Waals surface area contributed by atoms with E-state index in [2.05, 4.69) is 10.4 Å². The van der Waals surface area contributed by atoms with Gasteiger partial charge in [-0.15, -0.1) is 0 Å². The molecule has 3 rings (SSSR count). The average molecular weight is 353 g/mol. The molecule has 0 atom stereocenters. The van der Waals surface area contributed by atoms with Gasteiger partial charge in [0.15, 0.2) is 5.69 Å². The second-order valence-corrected chi connectivity index (χ2v) is 6.11. The maximum absolute atomic E-state index is 12.9. The van der Waals surface area contributed by atoms with Crippen molar-refractivity contribution in [1.82, 2.24) is 9.78 Å². The fourth-order valence-electron chi connectivity index (χ4n) is 2.63. The van der Waals surface area contributed by atoms with Crippen LogP contribution in [0.2, 0.25) is 0 Å². The number of carbonyl (C=O) groups is 1. The molecule has 0 radical (unpaired) electrons. The predicted octanol–water partition coefficient (Wildman–Crippen LogP) is 3.74. The summed E-state index contributed by atoms with van der Waals surface area (Å²) >= 11 is 0. The zero-order chi connectivity index (χ0) is 18.2. The van der Waals surface area contributed by atoms with Gasteiger partial charge in [0.05, 0.1) is 7.11 Å². The Morgan fingerprint density at radius 2 is 2.08 bits per heavy atom. The molecule has 1 fully saturated rings. The average Bonchev–Trinajstić information content (AvgIpc) is 3.29. The molecule has 1 aliphatic rings. The van der Waals surface area contributed by atoms with Gasteiger partial charge in [-0.25, -0.2) is 0 Å². The molecule has 0 saturated heterocycles. The van der Waals surface area contributed by atoms with Crippen LogP contribution < -0.4 is 10.1 Å². The highest BCUT2D eigenvalue weighted by molar-refractivity contribution is 5.91. The van der Waals surface area contributed by atoms with Crippen LogP contribution in [0.1, 0.15) is 35.7 Å². The number of aryl methyl sites for hydroxylation is 1. The molecule has 2 aromatic rings. The van der Waals surface area contributed by atoms with Gasteiger partial charge < -0.3 is 10.1 Å². The number of methoxy groups -OCH3 is 1. The third-order valence-electron chi connectivity index (χ3n) is 4.10. The lowest BCUT2D eigenvalue weighted by Crippen LogP contribution is -2.21. The Labute approximate surface area is 142 Å². The number of nitrogens with zero attached hydrogens (tertiary/aromatic N) is 2. The topological polar surface area (TPSA) is 56.1 Å². The van der Waals surface area contributed by atoms with Crippen molar-refractivity contribution in [3.05, 3.63) is 41.2 Å². The number of alkyl halides is 3. The highest BCUT2D eigenvalue weighted by Gasteiger charge is 2.38. The van der Waals surface area contributed by atoms with Gasteiger partial charge in [-0.1, -0.05) is 0 Å². The van der Waals surface area contributed by atoms with E-state index in [0.717, 1.165) is 29.2 Å². The minimum absolute atomic E-state index is 0.0547. The van der Waals surface area contributed by atoms with Gasteiger partial charge in [0.25, 0.3) is 0 Å². The van der Waals surface area contributed by atoms with Crippen molar-refractivity contribution < 1.29 is 22.7 Å². The Kier molecular flexibility index (Phi) is 4.45. The number of halogens is 3. The Bertz CT molecular complexity index is 795. The second kappa shape index (κ2) is 6.42. The Morgan fingerprint density at radius 3 is 2.64 bits per heavy atom. The maximum Gasteiger partial charge on any atom is 0.435 e. The van der Waals surface area contributed by atoms with Crippen molar-refractivity contribution >= 4 is 11.6 Å². The number of carbonyl (C=O) groups excluding carboxylic acids is 1. The van der Waals surface area contributed by atoms with E-state index < -0.39 is 17.8 Å². The van der Waals surface area contributed by atoms with Crippen molar-refractivity contribution in [1.29, 1.82) is 0 Å². The molecule has 0 bridgehead atoms. The van der Waals surface area contributed by atoms with E-state index in [9.17, 15) is 18.0 Å². The number of hydrogen-bond acceptors (Lipinski definition) is 3. The second-order valence-electron chi connectivity index (χ2n) is 6.11. The third-order valence-corrected chi connectivity index (χ3v) is 4.10. The molecule has 1 aliphatic carbocycles. The van der Waals surface area contributed by atoms with Crippen molar-refractivity contribution in [3.8, 4) is 5.75 Å². The maximum atomic E-state index is 12.9. The first-order valence-electron chi connectivity index (χ1n) is 7.87. The summed E-state index contributed by atoms with van der Waals surface area (Å²) < 4.78 is 44.9. The lowest BCUT2D eigenvalue weighted by Gasteiger charge is -2.11. The van der Waals surface area contributed by atoms with Crippen LogP contribution in [0, 0.1) is 6.92 Å². The molecule has 1 amide bonds. The van der Waals surface area contributed by atoms with Gasteiger partial charge in [-0.2, -0.15) is 18.3 Å². The molecule has 1 aromatic carbocycles. The van der Waals surface area contributed by atoms with Crippen LogP contribution in [0.4, 0.5) is 18.9 Å². The van der Waals surface area contributed by atoms with Gasteiger partial charge in [0.1, 0.15) is 12.3 Å². The summed E-state index contributed by atoms with van der Waals surface area (Å²) in [5.74, 6) is 0.291. The fourth-order valence-corrected chi connectivity index (χ4v) is 2.63. The normalized spacial score (nSPS) is 14.4. The number of aromatic nitrogens is 2. The fraction of sp³-hybridized carbons (Fsp3) is 0.412. The van der Waals surface area contributed by atoms with Crippen molar-refractivity contribution in [3.63, 3.8) is 0 Å². The predicted molar refractivity (Wildman–Crippen MR) is 85.6 cm³/mol. The lowest BCUT2D eigenvalue weighted by atomic mass is 10.2. The lowest BCUT2D eigenvalue weighted by molar-refractivity contribution is -0.141. The van der Waals surface area contributed by atoms with E-state index in [0.29, 0.717) is 17.1 Å². The van der Waals surface area contributed by atoms with Gasteiger partial charge in [0, 0.05) is 17.3 Å². The number of rotatable bonds is 5. The number of ether oxygens (including phenoxy) is 1. The molecule has 0 spiro atoms. The van der Waals surface area contributed by atoms with E-state index in [4.69, 9.17) is 4.74 Å². The van der Waals surface area contributed by atoms with E-state index in [1.54, 1.807) is 25.3 Å². The molecular formula is C17H18F3N3O2. The zero-order valence-electron chi connectivity index (χ0n) is 13.9. The summed E-state index contributed by atoms with van der Waals surface area (Å²) in [4.78, 5) is 12.3. The quantitative estimate of drug-likeness (QED) is 0.891. The minimum atomic E-state index is -4.52. The smallest absolute Gasteiger partial charge is 0.435 e. The van der Waals surface area contributed by atoms with Gasteiger partial charge in [-0.3, -0.25) is 9.48 Å². The van der Waals surface area contributed by atoms with Crippen LogP contribution in [-0.2, 0) is 17.5 Å². The first-order chi connectivity index (χ1) is 11.8. The molecule has 134 valence electrons. The van der Waals surface area contributed by atoms with E-state index in [1.165, 1.54) is 0 Å². The molecule has 1 N–H and O–H groups in total. The summed E-state index contributed by atoms with van der Waals surface area (Å²) in [7, 11) is 1.54. The largest absolute Gasteiger partial charge is 0.497 e. The Morgan fingerprint density at radius 1 is 1.36 bits per heavy atom. The summed E-state index contributed by atoms with van der Waals surface area (Å²) in [6.45, 7) is 1.55. The summed E-state index contributed by atoms with van der Waals surface area (Å²) in [6.07, 6.45) is -2.87. The molecule has 25 heavy (non-hydrogen) atoms. The number of amides is 1. The standard InChI is InChI=1S/C17H18F3N3O2/c1-10-7-12(25-2)5-6-13(10)21-16(24)9-23-14(11-3-4-11)8-15(22-23)17(18,19)20/h5-8,11H,3-4,9H2,1-2H3,(H,21,24). The highest BCUT2D eigenvalue weighted by Crippen LogP contribution is 2.42. The van der Waals surface area contributed by atoms with Crippen LogP contribution in [0.3, 0.4) is 0 Å². The molecule has 1 aromatic heterocycles.